The van der Waals surface area contributed by atoms with Crippen LogP contribution in [0.5, 0.6) is 11.5 Å². The van der Waals surface area contributed by atoms with Crippen LogP contribution in [0.3, 0.4) is 0 Å². The molecule has 8 heteroatoms. The van der Waals surface area contributed by atoms with Gasteiger partial charge in [-0.05, 0) is 42.3 Å². The molecule has 0 amide bonds. The van der Waals surface area contributed by atoms with Crippen LogP contribution in [0, 0.1) is 5.82 Å². The molecule has 0 aliphatic heterocycles. The Bertz CT molecular complexity index is 983. The van der Waals surface area contributed by atoms with E-state index in [1.807, 2.05) is 0 Å². The smallest absolute Gasteiger partial charge is 0.335 e. The van der Waals surface area contributed by atoms with E-state index in [4.69, 9.17) is 23.7 Å². The number of carbonyl (C=O) groups is 2. The van der Waals surface area contributed by atoms with Gasteiger partial charge in [-0.1, -0.05) is 31.4 Å². The van der Waals surface area contributed by atoms with Gasteiger partial charge in [0.15, 0.2) is 11.6 Å². The summed E-state index contributed by atoms with van der Waals surface area (Å²) in [6.07, 6.45) is 0. The van der Waals surface area contributed by atoms with Gasteiger partial charge in [0.25, 0.3) is 0 Å². The summed E-state index contributed by atoms with van der Waals surface area (Å²) in [4.78, 5) is 22.9. The van der Waals surface area contributed by atoms with E-state index in [-0.39, 0.29) is 44.4 Å². The number of esters is 2. The standard InChI is InChI=1S/C25H27FO7/c1-17(2)24(27)32-13-11-30-21-8-5-19(6-9-21)20-7-10-23(22(26)15-20)31-12-14-33-25(28)18(3)16-29-4/h5-10,15H,1,3,11-14,16H2,2,4H3. The number of hydrogen-bond donors (Lipinski definition) is 0. The van der Waals surface area contributed by atoms with E-state index in [9.17, 15) is 14.0 Å². The zero-order valence-electron chi connectivity index (χ0n) is 18.7. The lowest BCUT2D eigenvalue weighted by atomic mass is 10.1. The molecule has 0 saturated heterocycles. The molecule has 0 aliphatic rings. The molecule has 0 bridgehead atoms. The van der Waals surface area contributed by atoms with Crippen molar-refractivity contribution in [1.29, 1.82) is 0 Å². The summed E-state index contributed by atoms with van der Waals surface area (Å²) in [5.41, 5.74) is 1.96. The van der Waals surface area contributed by atoms with Crippen molar-refractivity contribution in [3.63, 3.8) is 0 Å². The second-order valence-electron chi connectivity index (χ2n) is 6.96. The van der Waals surface area contributed by atoms with Crippen LogP contribution in [0.25, 0.3) is 11.1 Å². The van der Waals surface area contributed by atoms with Crippen molar-refractivity contribution in [3.8, 4) is 22.6 Å². The van der Waals surface area contributed by atoms with Crippen LogP contribution >= 0.6 is 0 Å². The Kier molecular flexibility index (Phi) is 10.1. The van der Waals surface area contributed by atoms with E-state index in [2.05, 4.69) is 13.2 Å². The van der Waals surface area contributed by atoms with Gasteiger partial charge in [0.05, 0.1) is 12.2 Å². The topological polar surface area (TPSA) is 80.3 Å². The van der Waals surface area contributed by atoms with Gasteiger partial charge in [0.1, 0.15) is 32.2 Å². The second kappa shape index (κ2) is 13.0. The summed E-state index contributed by atoms with van der Waals surface area (Å²) in [5, 5.41) is 0. The van der Waals surface area contributed by atoms with E-state index in [0.29, 0.717) is 16.9 Å². The quantitative estimate of drug-likeness (QED) is 0.254. The SMILES string of the molecule is C=C(C)C(=O)OCCOc1ccc(-c2ccc(OCCOC(=O)C(=C)COC)c(F)c2)cc1. The minimum atomic E-state index is -0.587. The first-order chi connectivity index (χ1) is 15.8. The van der Waals surface area contributed by atoms with Gasteiger partial charge in [-0.25, -0.2) is 14.0 Å². The molecular formula is C25H27FO7. The molecule has 2 rings (SSSR count). The van der Waals surface area contributed by atoms with E-state index >= 15 is 0 Å². The Morgan fingerprint density at radius 1 is 0.848 bits per heavy atom. The van der Waals surface area contributed by atoms with Gasteiger partial charge < -0.3 is 23.7 Å². The van der Waals surface area contributed by atoms with E-state index in [0.717, 1.165) is 5.56 Å². The Balaban J connectivity index is 1.82. The first kappa shape index (κ1) is 25.6. The molecule has 33 heavy (non-hydrogen) atoms. The van der Waals surface area contributed by atoms with Crippen molar-refractivity contribution >= 4 is 11.9 Å². The predicted octanol–water partition coefficient (Wildman–Crippen LogP) is 4.12. The van der Waals surface area contributed by atoms with Crippen LogP contribution in [0.4, 0.5) is 4.39 Å². The van der Waals surface area contributed by atoms with E-state index in [1.165, 1.54) is 19.2 Å². The highest BCUT2D eigenvalue weighted by Crippen LogP contribution is 2.27. The zero-order chi connectivity index (χ0) is 24.2. The van der Waals surface area contributed by atoms with Crippen molar-refractivity contribution in [2.24, 2.45) is 0 Å². The van der Waals surface area contributed by atoms with Crippen molar-refractivity contribution in [2.75, 3.05) is 40.1 Å². The van der Waals surface area contributed by atoms with Crippen LogP contribution < -0.4 is 9.47 Å². The Morgan fingerprint density at radius 3 is 2.06 bits per heavy atom. The molecule has 0 unspecified atom stereocenters. The maximum atomic E-state index is 14.4. The lowest BCUT2D eigenvalue weighted by Crippen LogP contribution is -2.15. The molecule has 0 radical (unpaired) electrons. The minimum Gasteiger partial charge on any atom is -0.490 e. The summed E-state index contributed by atoms with van der Waals surface area (Å²) in [5.74, 6) is -0.945. The Labute approximate surface area is 192 Å². The van der Waals surface area contributed by atoms with Gasteiger partial charge in [0, 0.05) is 12.7 Å². The van der Waals surface area contributed by atoms with E-state index < -0.39 is 17.8 Å². The first-order valence-corrected chi connectivity index (χ1v) is 10.1. The van der Waals surface area contributed by atoms with Gasteiger partial charge in [-0.3, -0.25) is 0 Å². The molecule has 0 heterocycles. The number of hydrogen-bond acceptors (Lipinski definition) is 7. The monoisotopic (exact) mass is 458 g/mol. The number of methoxy groups -OCH3 is 1. The molecule has 2 aromatic carbocycles. The molecule has 0 fully saturated rings. The Morgan fingerprint density at radius 2 is 1.45 bits per heavy atom. The van der Waals surface area contributed by atoms with Gasteiger partial charge in [-0.2, -0.15) is 0 Å². The maximum Gasteiger partial charge on any atom is 0.335 e. The molecule has 176 valence electrons. The number of halogens is 1. The highest BCUT2D eigenvalue weighted by atomic mass is 19.1. The molecule has 0 spiro atoms. The molecule has 0 aromatic heterocycles. The zero-order valence-corrected chi connectivity index (χ0v) is 18.7. The van der Waals surface area contributed by atoms with Crippen LogP contribution in [-0.4, -0.2) is 52.1 Å². The first-order valence-electron chi connectivity index (χ1n) is 10.1. The highest BCUT2D eigenvalue weighted by molar-refractivity contribution is 5.88. The second-order valence-corrected chi connectivity index (χ2v) is 6.96. The number of benzene rings is 2. The number of carbonyl (C=O) groups excluding carboxylic acids is 2. The lowest BCUT2D eigenvalue weighted by Gasteiger charge is -2.11. The fraction of sp³-hybridized carbons (Fsp3) is 0.280. The molecule has 0 aliphatic carbocycles. The fourth-order valence-corrected chi connectivity index (χ4v) is 2.58. The third-order valence-corrected chi connectivity index (χ3v) is 4.23. The summed E-state index contributed by atoms with van der Waals surface area (Å²) < 4.78 is 40.0. The predicted molar refractivity (Wildman–Crippen MR) is 121 cm³/mol. The van der Waals surface area contributed by atoms with Crippen LogP contribution in [0.1, 0.15) is 6.92 Å². The average molecular weight is 458 g/mol. The van der Waals surface area contributed by atoms with Crippen molar-refractivity contribution in [1.82, 2.24) is 0 Å². The number of ether oxygens (including phenoxy) is 5. The molecule has 0 N–H and O–H groups in total. The van der Waals surface area contributed by atoms with Crippen LogP contribution in [-0.2, 0) is 23.8 Å². The molecular weight excluding hydrogens is 431 g/mol. The summed E-state index contributed by atoms with van der Waals surface area (Å²) in [6.45, 7) is 8.96. The normalized spacial score (nSPS) is 10.3. The molecule has 0 saturated carbocycles. The summed E-state index contributed by atoms with van der Waals surface area (Å²) in [6, 6.07) is 11.6. The van der Waals surface area contributed by atoms with Gasteiger partial charge in [-0.15, -0.1) is 0 Å². The highest BCUT2D eigenvalue weighted by Gasteiger charge is 2.10. The summed E-state index contributed by atoms with van der Waals surface area (Å²) >= 11 is 0. The molecule has 0 atom stereocenters. The maximum absolute atomic E-state index is 14.4. The molecule has 7 nitrogen and oxygen atoms in total. The third kappa shape index (κ3) is 8.42. The number of rotatable bonds is 13. The fourth-order valence-electron chi connectivity index (χ4n) is 2.58. The minimum absolute atomic E-state index is 0.00398. The van der Waals surface area contributed by atoms with Crippen LogP contribution in [0.15, 0.2) is 66.8 Å². The Hall–Kier alpha value is -3.65. The third-order valence-electron chi connectivity index (χ3n) is 4.23. The average Bonchev–Trinajstić information content (AvgIpc) is 2.80. The van der Waals surface area contributed by atoms with Crippen molar-refractivity contribution in [2.45, 2.75) is 6.92 Å². The van der Waals surface area contributed by atoms with Crippen LogP contribution in [0.2, 0.25) is 0 Å². The molecule has 2 aromatic rings. The van der Waals surface area contributed by atoms with Gasteiger partial charge in [0.2, 0.25) is 0 Å². The van der Waals surface area contributed by atoms with Crippen molar-refractivity contribution in [3.05, 3.63) is 72.6 Å². The lowest BCUT2D eigenvalue weighted by molar-refractivity contribution is -0.140. The summed E-state index contributed by atoms with van der Waals surface area (Å²) in [7, 11) is 1.45. The van der Waals surface area contributed by atoms with E-state index in [1.54, 1.807) is 37.3 Å². The van der Waals surface area contributed by atoms with Gasteiger partial charge >= 0.3 is 11.9 Å². The largest absolute Gasteiger partial charge is 0.490 e. The van der Waals surface area contributed by atoms with Crippen molar-refractivity contribution < 1.29 is 37.7 Å².